The Morgan fingerprint density at radius 2 is 1.50 bits per heavy atom. The number of methoxy groups -OCH3 is 1. The molecule has 58 heavy (non-hydrogen) atoms. The molecule has 11 heteroatoms. The Kier molecular flexibility index (Phi) is 15.3. The highest BCUT2D eigenvalue weighted by atomic mass is 32.2. The highest BCUT2D eigenvalue weighted by Crippen LogP contribution is 2.36. The van der Waals surface area contributed by atoms with Crippen LogP contribution in [0.15, 0.2) is 102 Å². The quantitative estimate of drug-likeness (QED) is 0.0746. The zero-order chi connectivity index (χ0) is 42.0. The van der Waals surface area contributed by atoms with Crippen molar-refractivity contribution in [3.63, 3.8) is 0 Å². The minimum atomic E-state index is -4.18. The summed E-state index contributed by atoms with van der Waals surface area (Å²) in [6.45, 7) is 11.8. The van der Waals surface area contributed by atoms with Crippen molar-refractivity contribution >= 4 is 16.0 Å². The van der Waals surface area contributed by atoms with Crippen molar-refractivity contribution in [1.82, 2.24) is 4.31 Å². The molecule has 0 radical (unpaired) electrons. The van der Waals surface area contributed by atoms with E-state index in [9.17, 15) is 18.3 Å². The van der Waals surface area contributed by atoms with Gasteiger partial charge >= 0.3 is 5.97 Å². The molecule has 1 heterocycles. The van der Waals surface area contributed by atoms with Crippen LogP contribution in [0.2, 0.25) is 0 Å². The van der Waals surface area contributed by atoms with Crippen molar-refractivity contribution in [2.24, 2.45) is 11.8 Å². The first kappa shape index (κ1) is 44.6. The molecule has 2 unspecified atom stereocenters. The Hall–Kier alpha value is -4.54. The lowest BCUT2D eigenvalue weighted by Crippen LogP contribution is -2.45. The van der Waals surface area contributed by atoms with Gasteiger partial charge in [0.15, 0.2) is 5.79 Å². The van der Waals surface area contributed by atoms with Crippen LogP contribution >= 0.6 is 0 Å². The topological polar surface area (TPSA) is 121 Å². The van der Waals surface area contributed by atoms with Crippen molar-refractivity contribution in [2.75, 3.05) is 20.3 Å². The van der Waals surface area contributed by atoms with Gasteiger partial charge in [-0.15, -0.1) is 6.42 Å². The fourth-order valence-corrected chi connectivity index (χ4v) is 9.74. The summed E-state index contributed by atoms with van der Waals surface area (Å²) in [7, 11) is -2.59. The highest BCUT2D eigenvalue weighted by molar-refractivity contribution is 7.89. The van der Waals surface area contributed by atoms with Gasteiger partial charge in [-0.05, 0) is 81.0 Å². The van der Waals surface area contributed by atoms with E-state index in [1.54, 1.807) is 53.9 Å². The number of carbonyl (C=O) groups is 1. The molecule has 4 aromatic carbocycles. The van der Waals surface area contributed by atoms with Crippen LogP contribution in [-0.2, 0) is 46.9 Å². The van der Waals surface area contributed by atoms with Crippen LogP contribution in [0.3, 0.4) is 0 Å². The second-order valence-electron chi connectivity index (χ2n) is 15.3. The molecule has 1 saturated heterocycles. The molecule has 1 N–H and O–H groups in total. The zero-order valence-electron chi connectivity index (χ0n) is 34.6. The van der Waals surface area contributed by atoms with E-state index in [1.165, 1.54) is 4.31 Å². The lowest BCUT2D eigenvalue weighted by Gasteiger charge is -2.36. The highest BCUT2D eigenvalue weighted by Gasteiger charge is 2.43. The monoisotopic (exact) mass is 811 g/mol. The largest absolute Gasteiger partial charge is 0.497 e. The van der Waals surface area contributed by atoms with Crippen LogP contribution in [0, 0.1) is 45.0 Å². The number of carbonyl (C=O) groups excluding carboxylic acids is 1. The summed E-state index contributed by atoms with van der Waals surface area (Å²) >= 11 is 0. The summed E-state index contributed by atoms with van der Waals surface area (Å²) in [6.07, 6.45) is 3.12. The molecule has 5 rings (SSSR count). The van der Waals surface area contributed by atoms with Gasteiger partial charge in [-0.2, -0.15) is 4.31 Å². The van der Waals surface area contributed by atoms with Crippen molar-refractivity contribution in [3.05, 3.63) is 130 Å². The summed E-state index contributed by atoms with van der Waals surface area (Å²) in [5.41, 5.74) is 4.40. The molecule has 4 aromatic rings. The maximum Gasteiger partial charge on any atom is 0.312 e. The van der Waals surface area contributed by atoms with Crippen LogP contribution in [-0.4, -0.2) is 68.2 Å². The number of benzene rings is 4. The first-order valence-electron chi connectivity index (χ1n) is 19.7. The van der Waals surface area contributed by atoms with E-state index in [1.807, 2.05) is 91.9 Å². The van der Waals surface area contributed by atoms with Crippen molar-refractivity contribution in [3.8, 4) is 18.1 Å². The number of aliphatic hydroxyl groups is 1. The normalized spacial score (nSPS) is 17.1. The molecule has 0 amide bonds. The number of terminal acetylenes is 1. The van der Waals surface area contributed by atoms with E-state index in [4.69, 9.17) is 30.1 Å². The van der Waals surface area contributed by atoms with Gasteiger partial charge in [0.05, 0.1) is 49.9 Å². The van der Waals surface area contributed by atoms with Crippen LogP contribution < -0.4 is 4.74 Å². The Balaban J connectivity index is 1.50. The summed E-state index contributed by atoms with van der Waals surface area (Å²) in [4.78, 5) is 15.0. The number of sulfonamides is 1. The van der Waals surface area contributed by atoms with Gasteiger partial charge < -0.3 is 28.8 Å². The van der Waals surface area contributed by atoms with Gasteiger partial charge in [0.25, 0.3) is 0 Å². The molecule has 10 nitrogen and oxygen atoms in total. The number of ether oxygens (including phenoxy) is 5. The molecule has 1 aliphatic rings. The number of aliphatic hydroxyl groups excluding tert-OH is 1. The molecule has 310 valence electrons. The Morgan fingerprint density at radius 3 is 2.07 bits per heavy atom. The molecule has 6 atom stereocenters. The Labute approximate surface area is 344 Å². The van der Waals surface area contributed by atoms with Gasteiger partial charge in [0.2, 0.25) is 10.0 Å². The first-order chi connectivity index (χ1) is 27.7. The van der Waals surface area contributed by atoms with Crippen LogP contribution in [0.25, 0.3) is 0 Å². The lowest BCUT2D eigenvalue weighted by atomic mass is 9.84. The van der Waals surface area contributed by atoms with Crippen LogP contribution in [0.5, 0.6) is 5.75 Å². The van der Waals surface area contributed by atoms with Crippen LogP contribution in [0.4, 0.5) is 0 Å². The maximum atomic E-state index is 15.0. The van der Waals surface area contributed by atoms with Crippen LogP contribution in [0.1, 0.15) is 73.1 Å². The van der Waals surface area contributed by atoms with E-state index in [2.05, 4.69) is 5.92 Å². The number of esters is 1. The van der Waals surface area contributed by atoms with Gasteiger partial charge in [0.1, 0.15) is 18.0 Å². The number of aryl methyl sites for hydroxylation is 3. The molecule has 0 bridgehead atoms. The number of hydrogen-bond donors (Lipinski definition) is 1. The van der Waals surface area contributed by atoms with E-state index >= 15 is 0 Å². The average Bonchev–Trinajstić information content (AvgIpc) is 3.65. The van der Waals surface area contributed by atoms with E-state index < -0.39 is 58.0 Å². The molecule has 0 spiro atoms. The second kappa shape index (κ2) is 19.9. The molecule has 0 aromatic heterocycles. The summed E-state index contributed by atoms with van der Waals surface area (Å²) in [5.74, 6) is -0.141. The van der Waals surface area contributed by atoms with Crippen molar-refractivity contribution in [1.29, 1.82) is 0 Å². The average molecular weight is 812 g/mol. The summed E-state index contributed by atoms with van der Waals surface area (Å²) in [5, 5.41) is 12.1. The number of nitrogens with zero attached hydrogens (tertiary/aromatic N) is 1. The third-order valence-corrected chi connectivity index (χ3v) is 13.1. The third kappa shape index (κ3) is 10.9. The van der Waals surface area contributed by atoms with E-state index in [0.717, 1.165) is 16.7 Å². The summed E-state index contributed by atoms with van der Waals surface area (Å²) in [6, 6.07) is 28.6. The van der Waals surface area contributed by atoms with Crippen molar-refractivity contribution < 1.29 is 42.0 Å². The minimum absolute atomic E-state index is 0.0173. The van der Waals surface area contributed by atoms with Gasteiger partial charge in [-0.1, -0.05) is 103 Å². The standard InChI is InChI=1S/C47H57NO9S/c1-9-42(54-31-38-20-22-40(53-8)23-21-38)35(5)43(49)41(24-25-47(7)55-26-27-56-47)46(50)57-44(39-18-14-11-15-19-39)36(6)48(30-37-16-12-10-13-17-37)58(51,52)45-33(3)28-32(2)29-34(45)4/h1,10-23,28-29,35-36,41-44,49H,24-27,30-31H2,2-8H3/t35-,36?,41+,42-,43+,44?/m0/s1. The predicted octanol–water partition coefficient (Wildman–Crippen LogP) is 7.86. The first-order valence-corrected chi connectivity index (χ1v) is 21.2. The molecular formula is C47H57NO9S. The lowest BCUT2D eigenvalue weighted by molar-refractivity contribution is -0.171. The predicted molar refractivity (Wildman–Crippen MR) is 223 cm³/mol. The van der Waals surface area contributed by atoms with E-state index in [-0.39, 0.29) is 30.9 Å². The molecule has 1 aliphatic heterocycles. The van der Waals surface area contributed by atoms with Gasteiger partial charge in [0, 0.05) is 18.9 Å². The van der Waals surface area contributed by atoms with Gasteiger partial charge in [-0.3, -0.25) is 4.79 Å². The smallest absolute Gasteiger partial charge is 0.312 e. The number of rotatable bonds is 19. The minimum Gasteiger partial charge on any atom is -0.497 e. The fourth-order valence-electron chi connectivity index (χ4n) is 7.71. The van der Waals surface area contributed by atoms with Crippen molar-refractivity contribution in [2.45, 2.75) is 103 Å². The SMILES string of the molecule is C#C[C@H](OCc1ccc(OC)cc1)[C@H](C)[C@@H](O)[C@@H](CCC1(C)OCCO1)C(=O)OC(c1ccccc1)C(C)N(Cc1ccccc1)S(=O)(=O)c1c(C)cc(C)cc1C. The zero-order valence-corrected chi connectivity index (χ0v) is 35.4. The number of hydrogen-bond acceptors (Lipinski definition) is 9. The fraction of sp³-hybridized carbons (Fsp3) is 0.426. The van der Waals surface area contributed by atoms with E-state index in [0.29, 0.717) is 35.7 Å². The molecule has 0 aliphatic carbocycles. The molecular weight excluding hydrogens is 755 g/mol. The molecule has 0 saturated carbocycles. The van der Waals surface area contributed by atoms with Gasteiger partial charge in [-0.25, -0.2) is 8.42 Å². The second-order valence-corrected chi connectivity index (χ2v) is 17.2. The Morgan fingerprint density at radius 1 is 0.914 bits per heavy atom. The Bertz CT molecular complexity index is 2070. The third-order valence-electron chi connectivity index (χ3n) is 10.9. The maximum absolute atomic E-state index is 15.0. The summed E-state index contributed by atoms with van der Waals surface area (Å²) < 4.78 is 60.9. The molecule has 1 fully saturated rings.